The maximum atomic E-state index is 13.9. The highest BCUT2D eigenvalue weighted by atomic mass is 79.9. The number of anilines is 1. The molecule has 3 heterocycles. The average molecular weight is 592 g/mol. The first kappa shape index (κ1) is 26.0. The van der Waals surface area contributed by atoms with Crippen molar-refractivity contribution < 1.29 is 24.2 Å². The molecule has 0 aliphatic carbocycles. The Hall–Kier alpha value is -3.27. The van der Waals surface area contributed by atoms with Crippen LogP contribution in [-0.4, -0.2) is 63.5 Å². The van der Waals surface area contributed by atoms with E-state index in [9.17, 15) is 19.5 Å². The average Bonchev–Trinajstić information content (AvgIpc) is 3.54. The number of aliphatic hydroxyl groups is 1. The number of nitrogens with zero attached hydrogens (tertiary/aromatic N) is 1. The van der Waals surface area contributed by atoms with E-state index >= 15 is 0 Å². The number of rotatable bonds is 8. The summed E-state index contributed by atoms with van der Waals surface area (Å²) < 4.78 is 6.51. The highest BCUT2D eigenvalue weighted by Crippen LogP contribution is 2.60. The highest BCUT2D eigenvalue weighted by molar-refractivity contribution is 9.09. The molecule has 3 aromatic rings. The number of alkyl halides is 1. The number of carbonyl (C=O) groups excluding carboxylic acids is 3. The molecule has 0 saturated carbocycles. The van der Waals surface area contributed by atoms with Crippen molar-refractivity contribution in [1.29, 1.82) is 0 Å². The van der Waals surface area contributed by atoms with Crippen LogP contribution in [0.15, 0.2) is 72.8 Å². The zero-order valence-corrected chi connectivity index (χ0v) is 22.8. The number of amides is 3. The molecule has 6 rings (SSSR count). The fraction of sp³-hybridized carbons (Fsp3) is 0.367. The lowest BCUT2D eigenvalue weighted by molar-refractivity contribution is -0.141. The Morgan fingerprint density at radius 1 is 1.03 bits per heavy atom. The summed E-state index contributed by atoms with van der Waals surface area (Å²) in [4.78, 5) is 42.7. The Morgan fingerprint density at radius 2 is 1.77 bits per heavy atom. The van der Waals surface area contributed by atoms with Crippen LogP contribution >= 0.6 is 15.9 Å². The number of fused-ring (bicyclic) bond motifs is 2. The fourth-order valence-corrected chi connectivity index (χ4v) is 7.53. The largest absolute Gasteiger partial charge is 0.396 e. The molecule has 39 heavy (non-hydrogen) atoms. The van der Waals surface area contributed by atoms with E-state index in [2.05, 4.69) is 26.6 Å². The zero-order chi connectivity index (χ0) is 27.1. The van der Waals surface area contributed by atoms with Gasteiger partial charge in [0.2, 0.25) is 17.7 Å². The monoisotopic (exact) mass is 591 g/mol. The van der Waals surface area contributed by atoms with Crippen molar-refractivity contribution in [3.05, 3.63) is 78.4 Å². The van der Waals surface area contributed by atoms with E-state index in [1.165, 1.54) is 4.90 Å². The first-order chi connectivity index (χ1) is 18.9. The second kappa shape index (κ2) is 10.4. The molecule has 202 valence electrons. The first-order valence-electron chi connectivity index (χ1n) is 13.3. The van der Waals surface area contributed by atoms with Crippen LogP contribution in [-0.2, 0) is 25.7 Å². The van der Waals surface area contributed by atoms with Crippen molar-refractivity contribution in [3.8, 4) is 0 Å². The smallest absolute Gasteiger partial charge is 0.250 e. The van der Waals surface area contributed by atoms with Crippen molar-refractivity contribution in [2.75, 3.05) is 18.5 Å². The summed E-state index contributed by atoms with van der Waals surface area (Å²) in [7, 11) is 0. The molecule has 3 fully saturated rings. The van der Waals surface area contributed by atoms with Crippen LogP contribution in [0, 0.1) is 11.8 Å². The number of aliphatic hydroxyl groups excluding tert-OH is 1. The number of halogens is 1. The number of carbonyl (C=O) groups is 3. The minimum Gasteiger partial charge on any atom is -0.396 e. The molecule has 6 atom stereocenters. The molecule has 3 aliphatic rings. The van der Waals surface area contributed by atoms with E-state index in [1.54, 1.807) is 0 Å². The maximum Gasteiger partial charge on any atom is 0.250 e. The Kier molecular flexibility index (Phi) is 6.91. The van der Waals surface area contributed by atoms with Crippen molar-refractivity contribution in [3.63, 3.8) is 0 Å². The predicted molar refractivity (Wildman–Crippen MR) is 150 cm³/mol. The predicted octanol–water partition coefficient (Wildman–Crippen LogP) is 3.23. The van der Waals surface area contributed by atoms with Gasteiger partial charge in [0.25, 0.3) is 0 Å². The third-order valence-corrected chi connectivity index (χ3v) is 9.07. The van der Waals surface area contributed by atoms with E-state index < -0.39 is 29.6 Å². The molecule has 3 amide bonds. The van der Waals surface area contributed by atoms with Crippen LogP contribution < -0.4 is 10.6 Å². The van der Waals surface area contributed by atoms with Gasteiger partial charge in [-0.05, 0) is 41.3 Å². The lowest BCUT2D eigenvalue weighted by Crippen LogP contribution is -2.54. The Morgan fingerprint density at radius 3 is 2.54 bits per heavy atom. The quantitative estimate of drug-likeness (QED) is 0.349. The van der Waals surface area contributed by atoms with Gasteiger partial charge in [-0.3, -0.25) is 14.4 Å². The minimum absolute atomic E-state index is 0.119. The number of hydrogen-bond acceptors (Lipinski definition) is 5. The zero-order valence-electron chi connectivity index (χ0n) is 21.3. The van der Waals surface area contributed by atoms with Crippen LogP contribution in [0.5, 0.6) is 0 Å². The molecule has 8 nitrogen and oxygen atoms in total. The van der Waals surface area contributed by atoms with Gasteiger partial charge in [-0.25, -0.2) is 0 Å². The van der Waals surface area contributed by atoms with Crippen LogP contribution in [0.3, 0.4) is 0 Å². The summed E-state index contributed by atoms with van der Waals surface area (Å²) in [5.74, 6) is -2.40. The molecule has 0 radical (unpaired) electrons. The third kappa shape index (κ3) is 4.42. The molecule has 0 aromatic heterocycles. The fourth-order valence-electron chi connectivity index (χ4n) is 6.59. The molecule has 3 N–H and O–H groups in total. The number of nitrogens with one attached hydrogen (secondary N) is 2. The lowest BCUT2D eigenvalue weighted by atomic mass is 9.70. The van der Waals surface area contributed by atoms with Crippen molar-refractivity contribution in [2.24, 2.45) is 11.8 Å². The van der Waals surface area contributed by atoms with Crippen molar-refractivity contribution in [1.82, 2.24) is 10.2 Å². The SMILES string of the molecule is O=C(Nc1ccc2ccccc2c1)C1N(CCCO)C(=O)[C@@H]2[C@@H](C(=O)NCc3ccccc3)[C@@H]3OC12CC3Br. The lowest BCUT2D eigenvalue weighted by Gasteiger charge is -2.34. The number of ether oxygens (including phenoxy) is 1. The molecule has 1 spiro atoms. The molecule has 3 aromatic carbocycles. The van der Waals surface area contributed by atoms with E-state index in [-0.39, 0.29) is 35.7 Å². The maximum absolute atomic E-state index is 13.9. The van der Waals surface area contributed by atoms with E-state index in [0.717, 1.165) is 16.3 Å². The molecular formula is C30H30BrN3O5. The summed E-state index contributed by atoms with van der Waals surface area (Å²) in [6, 6.07) is 22.2. The third-order valence-electron chi connectivity index (χ3n) is 8.22. The Labute approximate surface area is 234 Å². The summed E-state index contributed by atoms with van der Waals surface area (Å²) in [5, 5.41) is 17.6. The summed E-state index contributed by atoms with van der Waals surface area (Å²) in [6.45, 7) is 0.415. The van der Waals surface area contributed by atoms with Gasteiger partial charge < -0.3 is 25.4 Å². The molecule has 9 heteroatoms. The second-order valence-corrected chi connectivity index (χ2v) is 11.7. The van der Waals surface area contributed by atoms with Gasteiger partial charge in [-0.1, -0.05) is 76.6 Å². The van der Waals surface area contributed by atoms with E-state index in [4.69, 9.17) is 4.74 Å². The standard InChI is InChI=1S/C30H30BrN3O5/c31-22-16-30-24(23(25(22)39-30)27(36)32-17-18-7-2-1-3-8-18)29(38)34(13-6-14-35)26(30)28(37)33-21-12-11-19-9-4-5-10-20(19)15-21/h1-5,7-12,15,22-26,35H,6,13-14,16-17H2,(H,32,36)(H,33,37)/t22?,23-,24+,25-,26?,30?/m1/s1. The molecule has 3 aliphatic heterocycles. The van der Waals surface area contributed by atoms with E-state index in [0.29, 0.717) is 25.1 Å². The van der Waals surface area contributed by atoms with Gasteiger partial charge in [0.15, 0.2) is 0 Å². The molecule has 3 saturated heterocycles. The molecule has 3 unspecified atom stereocenters. The van der Waals surface area contributed by atoms with Crippen molar-refractivity contribution >= 4 is 50.1 Å². The van der Waals surface area contributed by atoms with Gasteiger partial charge >= 0.3 is 0 Å². The summed E-state index contributed by atoms with van der Waals surface area (Å²) in [6.07, 6.45) is 0.230. The summed E-state index contributed by atoms with van der Waals surface area (Å²) in [5.41, 5.74) is 0.435. The van der Waals surface area contributed by atoms with Crippen LogP contribution in [0.4, 0.5) is 5.69 Å². The van der Waals surface area contributed by atoms with Crippen LogP contribution in [0.25, 0.3) is 10.8 Å². The number of likely N-dealkylation sites (tertiary alicyclic amines) is 1. The van der Waals surface area contributed by atoms with Gasteiger partial charge in [0.1, 0.15) is 11.6 Å². The van der Waals surface area contributed by atoms with Crippen molar-refractivity contribution in [2.45, 2.75) is 42.0 Å². The molecular weight excluding hydrogens is 562 g/mol. The van der Waals surface area contributed by atoms with E-state index in [1.807, 2.05) is 72.8 Å². The Balaban J connectivity index is 1.30. The summed E-state index contributed by atoms with van der Waals surface area (Å²) >= 11 is 3.69. The van der Waals surface area contributed by atoms with Gasteiger partial charge in [-0.2, -0.15) is 0 Å². The van der Waals surface area contributed by atoms with Gasteiger partial charge in [0, 0.05) is 30.2 Å². The topological polar surface area (TPSA) is 108 Å². The van der Waals surface area contributed by atoms with Gasteiger partial charge in [-0.15, -0.1) is 0 Å². The molecule has 2 bridgehead atoms. The van der Waals surface area contributed by atoms with Crippen LogP contribution in [0.1, 0.15) is 18.4 Å². The normalized spacial score (nSPS) is 29.0. The minimum atomic E-state index is -1.14. The first-order valence-corrected chi connectivity index (χ1v) is 14.2. The Bertz CT molecular complexity index is 1420. The highest BCUT2D eigenvalue weighted by Gasteiger charge is 2.76. The van der Waals surface area contributed by atoms with Crippen LogP contribution in [0.2, 0.25) is 0 Å². The van der Waals surface area contributed by atoms with Gasteiger partial charge in [0.05, 0.1) is 17.9 Å². The second-order valence-electron chi connectivity index (χ2n) is 10.5. The number of hydrogen-bond donors (Lipinski definition) is 3. The number of benzene rings is 3.